The Hall–Kier alpha value is -2.17. The third-order valence-corrected chi connectivity index (χ3v) is 3.69. The number of benzene rings is 1. The fourth-order valence-corrected chi connectivity index (χ4v) is 2.17. The van der Waals surface area contributed by atoms with Crippen LogP contribution in [-0.4, -0.2) is 23.3 Å². The Bertz CT molecular complexity index is 758. The molecule has 0 saturated carbocycles. The quantitative estimate of drug-likeness (QED) is 0.464. The summed E-state index contributed by atoms with van der Waals surface area (Å²) in [5.41, 5.74) is 1.38. The highest BCUT2D eigenvalue weighted by Gasteiger charge is 2.22. The number of ether oxygens (including phenoxy) is 1. The fraction of sp³-hybridized carbons (Fsp3) is 0.118. The molecule has 2 rings (SSSR count). The molecule has 1 aromatic carbocycles. The van der Waals surface area contributed by atoms with Gasteiger partial charge in [0.25, 0.3) is 5.78 Å². The number of carbonyl (C=O) groups is 2. The van der Waals surface area contributed by atoms with Crippen molar-refractivity contribution < 1.29 is 14.3 Å². The molecule has 0 N–H and O–H groups in total. The molecule has 0 atom stereocenters. The van der Waals surface area contributed by atoms with Crippen LogP contribution in [0.3, 0.4) is 0 Å². The minimum absolute atomic E-state index is 0.120. The largest absolute Gasteiger partial charge is 0.460 e. The second-order valence-electron chi connectivity index (χ2n) is 4.52. The Labute approximate surface area is 143 Å². The number of aromatic nitrogens is 1. The molecule has 0 fully saturated rings. The van der Waals surface area contributed by atoms with Crippen LogP contribution in [0.4, 0.5) is 0 Å². The maximum absolute atomic E-state index is 12.4. The Morgan fingerprint density at radius 2 is 1.83 bits per heavy atom. The number of ketones is 1. The van der Waals surface area contributed by atoms with Crippen LogP contribution in [0.2, 0.25) is 10.0 Å². The van der Waals surface area contributed by atoms with E-state index in [-0.39, 0.29) is 12.2 Å². The van der Waals surface area contributed by atoms with Crippen molar-refractivity contribution >= 4 is 46.6 Å². The third-order valence-electron chi connectivity index (χ3n) is 2.95. The maximum Gasteiger partial charge on any atom is 0.379 e. The summed E-state index contributed by atoms with van der Waals surface area (Å²) in [4.78, 5) is 28.1. The van der Waals surface area contributed by atoms with Gasteiger partial charge in [0.1, 0.15) is 0 Å². The number of nitrogens with zero attached hydrogens (tertiary/aromatic N) is 1. The van der Waals surface area contributed by atoms with Crippen molar-refractivity contribution in [1.29, 1.82) is 0 Å². The van der Waals surface area contributed by atoms with Gasteiger partial charge in [-0.2, -0.15) is 0 Å². The van der Waals surface area contributed by atoms with Crippen molar-refractivity contribution in [3.05, 3.63) is 63.9 Å². The lowest BCUT2D eigenvalue weighted by atomic mass is 9.99. The van der Waals surface area contributed by atoms with Crippen LogP contribution < -0.4 is 0 Å². The Balaban J connectivity index is 2.51. The van der Waals surface area contributed by atoms with E-state index >= 15 is 0 Å². The number of pyridine rings is 1. The molecule has 0 bridgehead atoms. The van der Waals surface area contributed by atoms with Crippen molar-refractivity contribution in [3.8, 4) is 0 Å². The molecule has 0 saturated heterocycles. The molecule has 23 heavy (non-hydrogen) atoms. The van der Waals surface area contributed by atoms with Gasteiger partial charge >= 0.3 is 5.97 Å². The van der Waals surface area contributed by atoms with E-state index in [0.29, 0.717) is 15.6 Å². The molecular weight excluding hydrogens is 337 g/mol. The van der Waals surface area contributed by atoms with Crippen LogP contribution in [0, 0.1) is 0 Å². The van der Waals surface area contributed by atoms with Gasteiger partial charge in [0.15, 0.2) is 0 Å². The van der Waals surface area contributed by atoms with E-state index in [1.165, 1.54) is 6.07 Å². The van der Waals surface area contributed by atoms with E-state index < -0.39 is 11.8 Å². The Morgan fingerprint density at radius 3 is 2.43 bits per heavy atom. The summed E-state index contributed by atoms with van der Waals surface area (Å²) in [7, 11) is 0. The Kier molecular flexibility index (Phi) is 5.90. The highest BCUT2D eigenvalue weighted by Crippen LogP contribution is 2.28. The van der Waals surface area contributed by atoms with Gasteiger partial charge in [-0.3, -0.25) is 9.78 Å². The fourth-order valence-electron chi connectivity index (χ4n) is 1.88. The van der Waals surface area contributed by atoms with E-state index in [2.05, 4.69) is 4.98 Å². The lowest BCUT2D eigenvalue weighted by Crippen LogP contribution is -2.18. The normalized spacial score (nSPS) is 11.2. The highest BCUT2D eigenvalue weighted by molar-refractivity contribution is 6.53. The van der Waals surface area contributed by atoms with Gasteiger partial charge in [-0.05, 0) is 48.4 Å². The van der Waals surface area contributed by atoms with Crippen molar-refractivity contribution in [2.45, 2.75) is 6.92 Å². The summed E-state index contributed by atoms with van der Waals surface area (Å²) in [5, 5.41) is 0.656. The predicted molar refractivity (Wildman–Crippen MR) is 90.2 cm³/mol. The summed E-state index contributed by atoms with van der Waals surface area (Å²) in [5.74, 6) is -1.67. The maximum atomic E-state index is 12.4. The van der Waals surface area contributed by atoms with Gasteiger partial charge in [-0.25, -0.2) is 4.79 Å². The first kappa shape index (κ1) is 17.2. The monoisotopic (exact) mass is 349 g/mol. The number of Topliss-reactive ketones (excluding diaryl/α,β-unsaturated/α-hetero) is 1. The molecule has 0 aliphatic carbocycles. The summed E-state index contributed by atoms with van der Waals surface area (Å²) >= 11 is 11.9. The Morgan fingerprint density at radius 1 is 1.13 bits per heavy atom. The number of hydrogen-bond donors (Lipinski definition) is 0. The number of carbonyl (C=O) groups excluding carboxylic acids is 2. The van der Waals surface area contributed by atoms with Gasteiger partial charge in [0.05, 0.1) is 16.7 Å². The molecule has 4 nitrogen and oxygen atoms in total. The molecule has 6 heteroatoms. The molecule has 2 aromatic rings. The lowest BCUT2D eigenvalue weighted by Gasteiger charge is -2.08. The zero-order valence-electron chi connectivity index (χ0n) is 12.3. The van der Waals surface area contributed by atoms with Gasteiger partial charge in [0.2, 0.25) is 0 Å². The minimum Gasteiger partial charge on any atom is -0.460 e. The van der Waals surface area contributed by atoms with Gasteiger partial charge in [-0.15, -0.1) is 0 Å². The summed E-state index contributed by atoms with van der Waals surface area (Å²) in [6.07, 6.45) is 4.76. The van der Waals surface area contributed by atoms with Gasteiger partial charge in [-0.1, -0.05) is 29.3 Å². The second-order valence-corrected chi connectivity index (χ2v) is 5.33. The van der Waals surface area contributed by atoms with Gasteiger partial charge < -0.3 is 4.74 Å². The number of rotatable bonds is 5. The van der Waals surface area contributed by atoms with Crippen LogP contribution >= 0.6 is 23.2 Å². The van der Waals surface area contributed by atoms with Crippen molar-refractivity contribution in [2.24, 2.45) is 0 Å². The van der Waals surface area contributed by atoms with Crippen LogP contribution in [0.15, 0.2) is 42.7 Å². The van der Waals surface area contributed by atoms with Crippen LogP contribution in [0.5, 0.6) is 0 Å². The molecule has 1 aromatic heterocycles. The van der Waals surface area contributed by atoms with E-state index in [9.17, 15) is 9.59 Å². The summed E-state index contributed by atoms with van der Waals surface area (Å²) in [6, 6.07) is 8.16. The minimum atomic E-state index is -0.918. The molecule has 0 aliphatic heterocycles. The molecule has 0 radical (unpaired) electrons. The SMILES string of the molecule is CCOC(=O)C(=O)/C(=C\c1ccncc1)c1ccc(Cl)c(Cl)c1. The lowest BCUT2D eigenvalue weighted by molar-refractivity contribution is -0.150. The predicted octanol–water partition coefficient (Wildman–Crippen LogP) is 4.06. The number of hydrogen-bond acceptors (Lipinski definition) is 4. The van der Waals surface area contributed by atoms with Crippen LogP contribution in [0.25, 0.3) is 11.6 Å². The smallest absolute Gasteiger partial charge is 0.379 e. The second kappa shape index (κ2) is 7.90. The van der Waals surface area contributed by atoms with Crippen molar-refractivity contribution in [1.82, 2.24) is 4.98 Å². The topological polar surface area (TPSA) is 56.3 Å². The summed E-state index contributed by atoms with van der Waals surface area (Å²) < 4.78 is 4.80. The molecule has 0 amide bonds. The van der Waals surface area contributed by atoms with E-state index in [1.807, 2.05) is 0 Å². The zero-order valence-corrected chi connectivity index (χ0v) is 13.8. The van der Waals surface area contributed by atoms with Crippen molar-refractivity contribution in [2.75, 3.05) is 6.61 Å². The number of halogens is 2. The van der Waals surface area contributed by atoms with E-state index in [0.717, 1.165) is 5.56 Å². The molecular formula is C17H13Cl2NO3. The zero-order chi connectivity index (χ0) is 16.8. The average Bonchev–Trinajstić information content (AvgIpc) is 2.56. The first-order chi connectivity index (χ1) is 11.0. The van der Waals surface area contributed by atoms with Gasteiger partial charge in [0, 0.05) is 18.0 Å². The molecule has 1 heterocycles. The summed E-state index contributed by atoms with van der Waals surface area (Å²) in [6.45, 7) is 1.76. The third kappa shape index (κ3) is 4.41. The first-order valence-corrected chi connectivity index (χ1v) is 7.57. The van der Waals surface area contributed by atoms with E-state index in [1.54, 1.807) is 49.7 Å². The molecule has 0 aliphatic rings. The molecule has 0 unspecified atom stereocenters. The van der Waals surface area contributed by atoms with Crippen LogP contribution in [-0.2, 0) is 14.3 Å². The molecule has 0 spiro atoms. The van der Waals surface area contributed by atoms with Crippen molar-refractivity contribution in [3.63, 3.8) is 0 Å². The molecule has 118 valence electrons. The first-order valence-electron chi connectivity index (χ1n) is 6.81. The standard InChI is InChI=1S/C17H13Cl2NO3/c1-2-23-17(22)16(21)13(9-11-5-7-20-8-6-11)12-3-4-14(18)15(19)10-12/h3-10H,2H2,1H3/b13-9-. The average molecular weight is 350 g/mol. The van der Waals surface area contributed by atoms with Crippen LogP contribution in [0.1, 0.15) is 18.1 Å². The number of esters is 1. The van der Waals surface area contributed by atoms with E-state index in [4.69, 9.17) is 27.9 Å². The highest BCUT2D eigenvalue weighted by atomic mass is 35.5.